The lowest BCUT2D eigenvalue weighted by Gasteiger charge is -2.43. The zero-order chi connectivity index (χ0) is 23.7. The Hall–Kier alpha value is -3.77. The highest BCUT2D eigenvalue weighted by molar-refractivity contribution is 5.88. The predicted octanol–water partition coefficient (Wildman–Crippen LogP) is 5.25. The van der Waals surface area contributed by atoms with Crippen LogP contribution in [0.3, 0.4) is 0 Å². The van der Waals surface area contributed by atoms with E-state index >= 15 is 0 Å². The van der Waals surface area contributed by atoms with Gasteiger partial charge in [-0.25, -0.2) is 4.79 Å². The molecule has 1 fully saturated rings. The third-order valence-electron chi connectivity index (χ3n) is 6.85. The number of carboxylic acids is 1. The van der Waals surface area contributed by atoms with Gasteiger partial charge in [-0.2, -0.15) is 0 Å². The summed E-state index contributed by atoms with van der Waals surface area (Å²) in [4.78, 5) is 19.6. The Balaban J connectivity index is 1.51. The van der Waals surface area contributed by atoms with Gasteiger partial charge in [0.1, 0.15) is 5.75 Å². The maximum Gasteiger partial charge on any atom is 0.335 e. The van der Waals surface area contributed by atoms with Crippen LogP contribution in [0.1, 0.15) is 33.1 Å². The van der Waals surface area contributed by atoms with Crippen molar-refractivity contribution in [3.8, 4) is 5.75 Å². The topological polar surface area (TPSA) is 68.8 Å². The Kier molecular flexibility index (Phi) is 5.99. The van der Waals surface area contributed by atoms with Gasteiger partial charge in [-0.05, 0) is 54.4 Å². The molecule has 1 saturated heterocycles. The molecule has 1 aliphatic rings. The minimum absolute atomic E-state index is 0.108. The van der Waals surface area contributed by atoms with Gasteiger partial charge in [0.25, 0.3) is 0 Å². The smallest absolute Gasteiger partial charge is 0.335 e. The number of aromatic nitrogens is 1. The number of aryl methyl sites for hydroxylation is 1. The number of nitrogens with one attached hydrogen (secondary N) is 1. The van der Waals surface area contributed by atoms with Crippen LogP contribution in [0.4, 0.5) is 5.69 Å². The minimum atomic E-state index is -0.905. The molecule has 0 aliphatic carbocycles. The van der Waals surface area contributed by atoms with E-state index in [9.17, 15) is 9.90 Å². The van der Waals surface area contributed by atoms with Crippen molar-refractivity contribution in [3.05, 3.63) is 95.2 Å². The van der Waals surface area contributed by atoms with Gasteiger partial charge >= 0.3 is 5.97 Å². The summed E-state index contributed by atoms with van der Waals surface area (Å²) in [6.45, 7) is 5.45. The van der Waals surface area contributed by atoms with Crippen molar-refractivity contribution in [1.29, 1.82) is 0 Å². The van der Waals surface area contributed by atoms with Gasteiger partial charge in [0.05, 0.1) is 18.7 Å². The van der Waals surface area contributed by atoms with Crippen LogP contribution in [-0.4, -0.2) is 47.7 Å². The van der Waals surface area contributed by atoms with E-state index < -0.39 is 5.97 Å². The summed E-state index contributed by atoms with van der Waals surface area (Å²) >= 11 is 0. The molecule has 1 atom stereocenters. The Labute approximate surface area is 199 Å². The summed E-state index contributed by atoms with van der Waals surface area (Å²) in [5, 5.41) is 10.5. The number of hydrogen-bond acceptors (Lipinski definition) is 4. The van der Waals surface area contributed by atoms with E-state index in [1.165, 1.54) is 16.6 Å². The second-order valence-electron chi connectivity index (χ2n) is 8.84. The number of hydrogen-bond donors (Lipinski definition) is 2. The van der Waals surface area contributed by atoms with Crippen molar-refractivity contribution in [2.75, 3.05) is 31.6 Å². The highest BCUT2D eigenvalue weighted by Gasteiger charge is 2.30. The molecule has 34 heavy (non-hydrogen) atoms. The van der Waals surface area contributed by atoms with Crippen LogP contribution in [0.5, 0.6) is 5.75 Å². The van der Waals surface area contributed by atoms with E-state index in [0.29, 0.717) is 5.56 Å². The molecule has 0 radical (unpaired) electrons. The number of rotatable bonds is 6. The van der Waals surface area contributed by atoms with E-state index in [1.807, 2.05) is 24.4 Å². The fourth-order valence-electron chi connectivity index (χ4n) is 5.03. The molecule has 0 bridgehead atoms. The SMILES string of the molecule is COc1cc(C)c2[nH]ccc2c1CN1CCN(c2ccccc2)CC1c1ccc(C(=O)O)cc1. The summed E-state index contributed by atoms with van der Waals surface area (Å²) in [6, 6.07) is 22.1. The number of nitrogens with zero attached hydrogens (tertiary/aromatic N) is 2. The average molecular weight is 456 g/mol. The number of carbonyl (C=O) groups is 1. The summed E-state index contributed by atoms with van der Waals surface area (Å²) in [6.07, 6.45) is 1.98. The van der Waals surface area contributed by atoms with Crippen molar-refractivity contribution in [2.45, 2.75) is 19.5 Å². The van der Waals surface area contributed by atoms with E-state index in [2.05, 4.69) is 58.1 Å². The first-order chi connectivity index (χ1) is 16.5. The summed E-state index contributed by atoms with van der Waals surface area (Å²) < 4.78 is 5.80. The van der Waals surface area contributed by atoms with Gasteiger partial charge in [0.2, 0.25) is 0 Å². The van der Waals surface area contributed by atoms with E-state index in [-0.39, 0.29) is 6.04 Å². The van der Waals surface area contributed by atoms with Gasteiger partial charge in [-0.3, -0.25) is 4.90 Å². The molecule has 0 spiro atoms. The molecule has 3 aromatic carbocycles. The lowest BCUT2D eigenvalue weighted by molar-refractivity contribution is 0.0696. The zero-order valence-electron chi connectivity index (χ0n) is 19.5. The van der Waals surface area contributed by atoms with Crippen LogP contribution in [0, 0.1) is 6.92 Å². The van der Waals surface area contributed by atoms with Crippen LogP contribution in [0.25, 0.3) is 10.9 Å². The molecule has 6 heteroatoms. The first-order valence-corrected chi connectivity index (χ1v) is 11.6. The molecule has 6 nitrogen and oxygen atoms in total. The molecule has 1 aromatic heterocycles. The van der Waals surface area contributed by atoms with Gasteiger partial charge < -0.3 is 19.7 Å². The van der Waals surface area contributed by atoms with Crippen molar-refractivity contribution in [3.63, 3.8) is 0 Å². The predicted molar refractivity (Wildman–Crippen MR) is 135 cm³/mol. The summed E-state index contributed by atoms with van der Waals surface area (Å²) in [5.41, 5.74) is 6.10. The average Bonchev–Trinajstić information content (AvgIpc) is 3.37. The number of para-hydroxylation sites is 1. The van der Waals surface area contributed by atoms with Crippen LogP contribution in [0.15, 0.2) is 72.9 Å². The largest absolute Gasteiger partial charge is 0.496 e. The number of methoxy groups -OCH3 is 1. The summed E-state index contributed by atoms with van der Waals surface area (Å²) in [7, 11) is 1.73. The molecular weight excluding hydrogens is 426 g/mol. The number of H-pyrrole nitrogens is 1. The standard InChI is InChI=1S/C28H29N3O3/c1-19-16-26(34-2)24(23-12-13-29-27(19)23)17-31-15-14-30(22-6-4-3-5-7-22)18-25(31)20-8-10-21(11-9-20)28(32)33/h3-13,16,25,29H,14-15,17-18H2,1-2H3,(H,32,33). The molecule has 0 saturated carbocycles. The maximum absolute atomic E-state index is 11.4. The Bertz CT molecular complexity index is 1300. The molecule has 1 unspecified atom stereocenters. The lowest BCUT2D eigenvalue weighted by atomic mass is 9.98. The van der Waals surface area contributed by atoms with Crippen LogP contribution >= 0.6 is 0 Å². The second kappa shape index (κ2) is 9.23. The molecule has 4 aromatic rings. The van der Waals surface area contributed by atoms with Crippen molar-refractivity contribution in [2.24, 2.45) is 0 Å². The number of fused-ring (bicyclic) bond motifs is 1. The first-order valence-electron chi connectivity index (χ1n) is 11.6. The molecule has 1 aliphatic heterocycles. The van der Waals surface area contributed by atoms with E-state index in [1.54, 1.807) is 19.2 Å². The highest BCUT2D eigenvalue weighted by atomic mass is 16.5. The monoisotopic (exact) mass is 455 g/mol. The number of aromatic amines is 1. The molecule has 174 valence electrons. The van der Waals surface area contributed by atoms with E-state index in [0.717, 1.165) is 48.6 Å². The summed E-state index contributed by atoms with van der Waals surface area (Å²) in [5.74, 6) is -0.00716. The third-order valence-corrected chi connectivity index (χ3v) is 6.85. The highest BCUT2D eigenvalue weighted by Crippen LogP contribution is 2.35. The van der Waals surface area contributed by atoms with Gasteiger partial charge in [-0.1, -0.05) is 30.3 Å². The minimum Gasteiger partial charge on any atom is -0.496 e. The number of carboxylic acid groups (broad SMARTS) is 1. The molecule has 0 amide bonds. The molecule has 5 rings (SSSR count). The fourth-order valence-corrected chi connectivity index (χ4v) is 5.03. The quantitative estimate of drug-likeness (QED) is 0.416. The lowest BCUT2D eigenvalue weighted by Crippen LogP contribution is -2.48. The number of ether oxygens (including phenoxy) is 1. The Morgan fingerprint density at radius 3 is 2.56 bits per heavy atom. The molecular formula is C28H29N3O3. The number of piperazine rings is 1. The molecule has 2 N–H and O–H groups in total. The number of anilines is 1. The zero-order valence-corrected chi connectivity index (χ0v) is 19.5. The number of benzene rings is 3. The maximum atomic E-state index is 11.4. The van der Waals surface area contributed by atoms with Crippen molar-refractivity contribution < 1.29 is 14.6 Å². The normalized spacial score (nSPS) is 16.6. The Morgan fingerprint density at radius 2 is 1.85 bits per heavy atom. The Morgan fingerprint density at radius 1 is 1.09 bits per heavy atom. The van der Waals surface area contributed by atoms with Gasteiger partial charge in [0.15, 0.2) is 0 Å². The van der Waals surface area contributed by atoms with Gasteiger partial charge in [0, 0.05) is 54.5 Å². The van der Waals surface area contributed by atoms with Crippen molar-refractivity contribution in [1.82, 2.24) is 9.88 Å². The molecule has 2 heterocycles. The van der Waals surface area contributed by atoms with Crippen LogP contribution in [-0.2, 0) is 6.54 Å². The van der Waals surface area contributed by atoms with Crippen molar-refractivity contribution >= 4 is 22.6 Å². The van der Waals surface area contributed by atoms with Crippen LogP contribution < -0.4 is 9.64 Å². The number of aromatic carboxylic acids is 1. The van der Waals surface area contributed by atoms with E-state index in [4.69, 9.17) is 4.74 Å². The second-order valence-corrected chi connectivity index (χ2v) is 8.84. The first kappa shape index (κ1) is 22.0. The fraction of sp³-hybridized carbons (Fsp3) is 0.250. The van der Waals surface area contributed by atoms with Crippen LogP contribution in [0.2, 0.25) is 0 Å². The van der Waals surface area contributed by atoms with Gasteiger partial charge in [-0.15, -0.1) is 0 Å². The third kappa shape index (κ3) is 4.13.